The predicted octanol–water partition coefficient (Wildman–Crippen LogP) is 2.40. The summed E-state index contributed by atoms with van der Waals surface area (Å²) in [4.78, 5) is 37.7. The lowest BCUT2D eigenvalue weighted by molar-refractivity contribution is -0.122. The van der Waals surface area contributed by atoms with Crippen molar-refractivity contribution in [3.05, 3.63) is 64.4 Å². The van der Waals surface area contributed by atoms with E-state index in [1.165, 1.54) is 13.1 Å². The quantitative estimate of drug-likeness (QED) is 0.682. The summed E-state index contributed by atoms with van der Waals surface area (Å²) in [7, 11) is 1.38. The van der Waals surface area contributed by atoms with E-state index in [2.05, 4.69) is 25.6 Å². The molecule has 2 N–H and O–H groups in total. The minimum absolute atomic E-state index is 0.111. The number of benzene rings is 1. The second-order valence-corrected chi connectivity index (χ2v) is 6.70. The first-order chi connectivity index (χ1) is 13.4. The van der Waals surface area contributed by atoms with E-state index >= 15 is 0 Å². The highest BCUT2D eigenvalue weighted by atomic mass is 32.1. The lowest BCUT2D eigenvalue weighted by Gasteiger charge is -2.17. The molecule has 0 bridgehead atoms. The van der Waals surface area contributed by atoms with Crippen molar-refractivity contribution in [2.24, 2.45) is 0 Å². The molecule has 2 amide bonds. The third kappa shape index (κ3) is 4.01. The molecule has 28 heavy (non-hydrogen) atoms. The van der Waals surface area contributed by atoms with Crippen LogP contribution < -0.4 is 10.6 Å². The number of carbonyl (C=O) groups is 2. The Labute approximate surface area is 162 Å². The van der Waals surface area contributed by atoms with Crippen molar-refractivity contribution in [1.29, 1.82) is 0 Å². The zero-order valence-corrected chi connectivity index (χ0v) is 15.7. The van der Waals surface area contributed by atoms with Gasteiger partial charge < -0.3 is 10.6 Å². The molecule has 0 spiro atoms. The largest absolute Gasteiger partial charge is 0.357 e. The van der Waals surface area contributed by atoms with Crippen LogP contribution in [0, 0.1) is 18.6 Å². The van der Waals surface area contributed by atoms with E-state index < -0.39 is 29.5 Å². The summed E-state index contributed by atoms with van der Waals surface area (Å²) in [6.07, 6.45) is 3.12. The number of amides is 2. The smallest absolute Gasteiger partial charge is 0.264 e. The summed E-state index contributed by atoms with van der Waals surface area (Å²) in [6.45, 7) is 1.64. The molecule has 3 rings (SSSR count). The summed E-state index contributed by atoms with van der Waals surface area (Å²) >= 11 is 1.07. The van der Waals surface area contributed by atoms with Gasteiger partial charge in [0.15, 0.2) is 22.5 Å². The van der Waals surface area contributed by atoms with Gasteiger partial charge in [-0.25, -0.2) is 23.7 Å². The first-order valence-electron chi connectivity index (χ1n) is 8.13. The fraction of sp³-hybridized carbons (Fsp3) is 0.167. The Morgan fingerprint density at radius 3 is 2.50 bits per heavy atom. The molecule has 0 saturated carbocycles. The third-order valence-corrected chi connectivity index (χ3v) is 4.97. The Kier molecular flexibility index (Phi) is 5.69. The van der Waals surface area contributed by atoms with Crippen LogP contribution in [0.2, 0.25) is 0 Å². The Balaban J connectivity index is 1.89. The third-order valence-electron chi connectivity index (χ3n) is 3.82. The van der Waals surface area contributed by atoms with E-state index in [4.69, 9.17) is 0 Å². The molecule has 7 nitrogen and oxygen atoms in total. The summed E-state index contributed by atoms with van der Waals surface area (Å²) in [5, 5.41) is 5.39. The normalized spacial score (nSPS) is 11.7. The van der Waals surface area contributed by atoms with E-state index in [1.54, 1.807) is 25.4 Å². The molecule has 0 radical (unpaired) electrons. The Morgan fingerprint density at radius 2 is 1.86 bits per heavy atom. The van der Waals surface area contributed by atoms with E-state index in [9.17, 15) is 18.4 Å². The van der Waals surface area contributed by atoms with Gasteiger partial charge in [-0.05, 0) is 30.7 Å². The summed E-state index contributed by atoms with van der Waals surface area (Å²) in [5.41, 5.74) is 0.547. The van der Waals surface area contributed by atoms with Gasteiger partial charge in [-0.1, -0.05) is 6.07 Å². The molecule has 1 atom stereocenters. The Morgan fingerprint density at radius 1 is 1.14 bits per heavy atom. The Bertz CT molecular complexity index is 1030. The van der Waals surface area contributed by atoms with Gasteiger partial charge in [-0.3, -0.25) is 9.59 Å². The number of nitrogens with zero attached hydrogens (tertiary/aromatic N) is 3. The van der Waals surface area contributed by atoms with Crippen LogP contribution >= 0.6 is 11.3 Å². The van der Waals surface area contributed by atoms with Gasteiger partial charge in [0.2, 0.25) is 5.91 Å². The van der Waals surface area contributed by atoms with Crippen molar-refractivity contribution >= 4 is 23.2 Å². The number of aromatic nitrogens is 3. The maximum absolute atomic E-state index is 13.6. The van der Waals surface area contributed by atoms with Gasteiger partial charge in [0, 0.05) is 19.4 Å². The first-order valence-corrected chi connectivity index (χ1v) is 8.94. The van der Waals surface area contributed by atoms with Gasteiger partial charge in [-0.15, -0.1) is 11.3 Å². The topological polar surface area (TPSA) is 96.9 Å². The van der Waals surface area contributed by atoms with Crippen molar-refractivity contribution in [3.63, 3.8) is 0 Å². The number of halogens is 2. The van der Waals surface area contributed by atoms with Crippen molar-refractivity contribution in [2.45, 2.75) is 13.0 Å². The van der Waals surface area contributed by atoms with Gasteiger partial charge in [-0.2, -0.15) is 0 Å². The average Bonchev–Trinajstić information content (AvgIpc) is 3.10. The predicted molar refractivity (Wildman–Crippen MR) is 98.5 cm³/mol. The number of carbonyl (C=O) groups excluding carboxylic acids is 2. The monoisotopic (exact) mass is 403 g/mol. The van der Waals surface area contributed by atoms with Gasteiger partial charge in [0.25, 0.3) is 5.91 Å². The summed E-state index contributed by atoms with van der Waals surface area (Å²) in [6, 6.07) is 3.47. The number of aryl methyl sites for hydroxylation is 1. The number of nitrogens with one attached hydrogen (secondary N) is 2. The van der Waals surface area contributed by atoms with E-state index in [1.807, 2.05) is 0 Å². The number of likely N-dealkylation sites (N-methyl/N-ethyl adjacent to an activating group) is 1. The van der Waals surface area contributed by atoms with Crippen molar-refractivity contribution in [1.82, 2.24) is 25.6 Å². The lowest BCUT2D eigenvalue weighted by Crippen LogP contribution is -2.39. The minimum atomic E-state index is -1.20. The number of thiazole rings is 1. The number of hydrogen-bond acceptors (Lipinski definition) is 6. The number of hydrogen-bond donors (Lipinski definition) is 2. The molecule has 0 aliphatic heterocycles. The SMILES string of the molecule is CNC(=O)C(NC(=O)c1sc(-c2ncccn2)nc1C)c1ccc(F)c(F)c1. The van der Waals surface area contributed by atoms with Crippen molar-refractivity contribution < 1.29 is 18.4 Å². The highest BCUT2D eigenvalue weighted by Gasteiger charge is 2.26. The van der Waals surface area contributed by atoms with Gasteiger partial charge >= 0.3 is 0 Å². The van der Waals surface area contributed by atoms with Crippen LogP contribution in [0.1, 0.15) is 27.0 Å². The van der Waals surface area contributed by atoms with Crippen LogP contribution in [0.3, 0.4) is 0 Å². The number of rotatable bonds is 5. The average molecular weight is 403 g/mol. The van der Waals surface area contributed by atoms with Gasteiger partial charge in [0.1, 0.15) is 10.9 Å². The molecule has 1 unspecified atom stereocenters. The molecular weight excluding hydrogens is 388 g/mol. The fourth-order valence-corrected chi connectivity index (χ4v) is 3.36. The molecular formula is C18H15F2N5O2S. The van der Waals surface area contributed by atoms with Crippen LogP contribution in [0.25, 0.3) is 10.8 Å². The van der Waals surface area contributed by atoms with Crippen LogP contribution in [-0.4, -0.2) is 33.8 Å². The molecule has 0 aliphatic carbocycles. The van der Waals surface area contributed by atoms with Gasteiger partial charge in [0.05, 0.1) is 5.69 Å². The summed E-state index contributed by atoms with van der Waals surface area (Å²) in [5.74, 6) is -2.93. The molecule has 0 fully saturated rings. The maximum Gasteiger partial charge on any atom is 0.264 e. The van der Waals surface area contributed by atoms with Crippen LogP contribution in [0.4, 0.5) is 8.78 Å². The zero-order chi connectivity index (χ0) is 20.3. The van der Waals surface area contributed by atoms with Crippen LogP contribution in [0.5, 0.6) is 0 Å². The molecule has 1 aromatic carbocycles. The van der Waals surface area contributed by atoms with E-state index in [-0.39, 0.29) is 10.4 Å². The highest BCUT2D eigenvalue weighted by Crippen LogP contribution is 2.26. The molecule has 2 heterocycles. The molecule has 0 aliphatic rings. The van der Waals surface area contributed by atoms with E-state index in [0.29, 0.717) is 16.5 Å². The van der Waals surface area contributed by atoms with Crippen LogP contribution in [0.15, 0.2) is 36.7 Å². The van der Waals surface area contributed by atoms with E-state index in [0.717, 1.165) is 23.5 Å². The maximum atomic E-state index is 13.6. The molecule has 144 valence electrons. The molecule has 2 aromatic heterocycles. The lowest BCUT2D eigenvalue weighted by atomic mass is 10.1. The second kappa shape index (κ2) is 8.17. The van der Waals surface area contributed by atoms with Crippen LogP contribution in [-0.2, 0) is 4.79 Å². The zero-order valence-electron chi connectivity index (χ0n) is 14.9. The first kappa shape index (κ1) is 19.5. The minimum Gasteiger partial charge on any atom is -0.357 e. The summed E-state index contributed by atoms with van der Waals surface area (Å²) < 4.78 is 26.8. The Hall–Kier alpha value is -3.27. The second-order valence-electron chi connectivity index (χ2n) is 5.70. The highest BCUT2D eigenvalue weighted by molar-refractivity contribution is 7.17. The molecule has 0 saturated heterocycles. The van der Waals surface area contributed by atoms with Crippen molar-refractivity contribution in [2.75, 3.05) is 7.05 Å². The van der Waals surface area contributed by atoms with Crippen molar-refractivity contribution in [3.8, 4) is 10.8 Å². The molecule has 10 heteroatoms. The molecule has 3 aromatic rings. The fourth-order valence-electron chi connectivity index (χ4n) is 2.45. The standard InChI is InChI=1S/C18H15F2N5O2S/c1-9-14(28-18(24-9)15-22-6-3-7-23-15)17(27)25-13(16(26)21-2)10-4-5-11(19)12(20)8-10/h3-8,13H,1-2H3,(H,21,26)(H,25,27).